The molecule has 0 radical (unpaired) electrons. The monoisotopic (exact) mass is 287 g/mol. The molecule has 0 aliphatic heterocycles. The lowest BCUT2D eigenvalue weighted by Crippen LogP contribution is -1.89. The number of nitrogens with zero attached hydrogens (tertiary/aromatic N) is 1. The molecule has 0 N–H and O–H groups in total. The van der Waals surface area contributed by atoms with Crippen molar-refractivity contribution in [3.05, 3.63) is 41.8 Å². The zero-order chi connectivity index (χ0) is 9.26. The van der Waals surface area contributed by atoms with Crippen LogP contribution in [0.4, 0.5) is 4.39 Å². The molecular formula is C10H7FIN. The summed E-state index contributed by atoms with van der Waals surface area (Å²) in [5.74, 6) is -0.398. The van der Waals surface area contributed by atoms with Crippen molar-refractivity contribution >= 4 is 33.5 Å². The third-order valence-corrected chi connectivity index (χ3v) is 2.74. The van der Waals surface area contributed by atoms with Gasteiger partial charge in [-0.05, 0) is 17.7 Å². The largest absolute Gasteiger partial charge is 0.220 e. The first kappa shape index (κ1) is 8.87. The minimum Gasteiger partial charge on any atom is -0.220 e. The van der Waals surface area contributed by atoms with E-state index in [-0.39, 0.29) is 0 Å². The lowest BCUT2D eigenvalue weighted by molar-refractivity contribution is 0.588. The Bertz CT molecular complexity index is 442. The molecule has 1 aromatic heterocycles. The van der Waals surface area contributed by atoms with Gasteiger partial charge in [-0.15, -0.1) is 0 Å². The Kier molecular flexibility index (Phi) is 2.44. The molecule has 0 aliphatic rings. The predicted octanol–water partition coefficient (Wildman–Crippen LogP) is 3.31. The number of benzene rings is 1. The maximum Gasteiger partial charge on any atom is 0.213 e. The van der Waals surface area contributed by atoms with Gasteiger partial charge in [0.2, 0.25) is 5.95 Å². The minimum atomic E-state index is -0.398. The van der Waals surface area contributed by atoms with E-state index >= 15 is 0 Å². The van der Waals surface area contributed by atoms with Gasteiger partial charge in [-0.25, -0.2) is 4.98 Å². The highest BCUT2D eigenvalue weighted by Crippen LogP contribution is 2.19. The molecule has 1 aromatic carbocycles. The summed E-state index contributed by atoms with van der Waals surface area (Å²) in [6, 6.07) is 9.10. The summed E-state index contributed by atoms with van der Waals surface area (Å²) < 4.78 is 13.8. The third-order valence-electron chi connectivity index (χ3n) is 1.91. The van der Waals surface area contributed by atoms with E-state index in [4.69, 9.17) is 0 Å². The molecule has 0 atom stereocenters. The fourth-order valence-corrected chi connectivity index (χ4v) is 1.95. The quantitative estimate of drug-likeness (QED) is 0.445. The van der Waals surface area contributed by atoms with Gasteiger partial charge < -0.3 is 0 Å². The zero-order valence-corrected chi connectivity index (χ0v) is 8.95. The highest BCUT2D eigenvalue weighted by Gasteiger charge is 2.02. The van der Waals surface area contributed by atoms with Crippen LogP contribution in [0.5, 0.6) is 0 Å². The second kappa shape index (κ2) is 3.57. The number of para-hydroxylation sites is 1. The fourth-order valence-electron chi connectivity index (χ4n) is 1.32. The maximum atomic E-state index is 13.0. The van der Waals surface area contributed by atoms with Crippen molar-refractivity contribution in [2.24, 2.45) is 0 Å². The Morgan fingerprint density at radius 3 is 2.85 bits per heavy atom. The molecule has 2 rings (SSSR count). The zero-order valence-electron chi connectivity index (χ0n) is 6.80. The van der Waals surface area contributed by atoms with Crippen molar-refractivity contribution in [2.75, 3.05) is 0 Å². The number of hydrogen-bond donors (Lipinski definition) is 0. The molecule has 13 heavy (non-hydrogen) atoms. The van der Waals surface area contributed by atoms with Gasteiger partial charge in [-0.3, -0.25) is 0 Å². The van der Waals surface area contributed by atoms with E-state index in [2.05, 4.69) is 27.6 Å². The predicted molar refractivity (Wildman–Crippen MR) is 59.4 cm³/mol. The Labute approximate surface area is 89.1 Å². The summed E-state index contributed by atoms with van der Waals surface area (Å²) in [7, 11) is 0. The van der Waals surface area contributed by atoms with E-state index in [0.29, 0.717) is 0 Å². The molecule has 0 saturated carbocycles. The number of fused-ring (bicyclic) bond motifs is 1. The first-order valence-corrected chi connectivity index (χ1v) is 5.44. The van der Waals surface area contributed by atoms with Crippen LogP contribution in [0, 0.1) is 5.95 Å². The van der Waals surface area contributed by atoms with Gasteiger partial charge in [0, 0.05) is 9.81 Å². The summed E-state index contributed by atoms with van der Waals surface area (Å²) in [6.45, 7) is 0. The Hall–Kier alpha value is -0.710. The lowest BCUT2D eigenvalue weighted by Gasteiger charge is -2.02. The van der Waals surface area contributed by atoms with Crippen LogP contribution in [0.15, 0.2) is 30.3 Å². The van der Waals surface area contributed by atoms with Gasteiger partial charge in [0.15, 0.2) is 0 Å². The molecule has 0 spiro atoms. The molecule has 66 valence electrons. The average Bonchev–Trinajstić information content (AvgIpc) is 2.16. The summed E-state index contributed by atoms with van der Waals surface area (Å²) in [5, 5.41) is 1.04. The summed E-state index contributed by atoms with van der Waals surface area (Å²) in [4.78, 5) is 3.81. The second-order valence-corrected chi connectivity index (χ2v) is 3.52. The molecular weight excluding hydrogens is 280 g/mol. The van der Waals surface area contributed by atoms with E-state index in [1.807, 2.05) is 24.3 Å². The Morgan fingerprint density at radius 1 is 1.31 bits per heavy atom. The van der Waals surface area contributed by atoms with E-state index < -0.39 is 5.95 Å². The first-order chi connectivity index (χ1) is 6.31. The van der Waals surface area contributed by atoms with Gasteiger partial charge in [0.1, 0.15) is 0 Å². The summed E-state index contributed by atoms with van der Waals surface area (Å²) in [6.07, 6.45) is 0. The molecule has 0 bridgehead atoms. The van der Waals surface area contributed by atoms with Crippen molar-refractivity contribution < 1.29 is 4.39 Å². The Morgan fingerprint density at radius 2 is 2.08 bits per heavy atom. The normalized spacial score (nSPS) is 10.6. The van der Waals surface area contributed by atoms with Gasteiger partial charge in [-0.1, -0.05) is 40.8 Å². The molecule has 2 aromatic rings. The molecule has 0 unspecified atom stereocenters. The smallest absolute Gasteiger partial charge is 0.213 e. The van der Waals surface area contributed by atoms with Crippen LogP contribution in [0.2, 0.25) is 0 Å². The SMILES string of the molecule is Fc1cc(CI)c2ccccc2n1. The molecule has 1 nitrogen and oxygen atoms in total. The van der Waals surface area contributed by atoms with E-state index in [0.717, 1.165) is 20.9 Å². The molecule has 0 amide bonds. The number of halogens is 2. The van der Waals surface area contributed by atoms with Crippen molar-refractivity contribution in [1.82, 2.24) is 4.98 Å². The number of hydrogen-bond acceptors (Lipinski definition) is 1. The van der Waals surface area contributed by atoms with Crippen LogP contribution in [0.3, 0.4) is 0 Å². The highest BCUT2D eigenvalue weighted by atomic mass is 127. The van der Waals surface area contributed by atoms with Crippen LogP contribution < -0.4 is 0 Å². The van der Waals surface area contributed by atoms with Crippen molar-refractivity contribution in [2.45, 2.75) is 4.43 Å². The van der Waals surface area contributed by atoms with E-state index in [1.54, 1.807) is 0 Å². The maximum absolute atomic E-state index is 13.0. The molecule has 0 saturated heterocycles. The van der Waals surface area contributed by atoms with E-state index in [1.165, 1.54) is 6.07 Å². The second-order valence-electron chi connectivity index (χ2n) is 2.75. The van der Waals surface area contributed by atoms with Crippen LogP contribution in [0.1, 0.15) is 5.56 Å². The van der Waals surface area contributed by atoms with Crippen molar-refractivity contribution in [3.63, 3.8) is 0 Å². The van der Waals surface area contributed by atoms with Gasteiger partial charge >= 0.3 is 0 Å². The molecule has 0 aliphatic carbocycles. The van der Waals surface area contributed by atoms with Crippen molar-refractivity contribution in [1.29, 1.82) is 0 Å². The van der Waals surface area contributed by atoms with Crippen LogP contribution in [-0.2, 0) is 4.43 Å². The first-order valence-electron chi connectivity index (χ1n) is 3.91. The topological polar surface area (TPSA) is 12.9 Å². The standard InChI is InChI=1S/C10H7FIN/c11-10-5-7(6-12)8-3-1-2-4-9(8)13-10/h1-5H,6H2. The Balaban J connectivity index is 2.81. The molecule has 1 heterocycles. The van der Waals surface area contributed by atoms with Crippen LogP contribution in [-0.4, -0.2) is 4.98 Å². The van der Waals surface area contributed by atoms with Gasteiger partial charge in [-0.2, -0.15) is 4.39 Å². The van der Waals surface area contributed by atoms with Crippen molar-refractivity contribution in [3.8, 4) is 0 Å². The lowest BCUT2D eigenvalue weighted by atomic mass is 10.1. The average molecular weight is 287 g/mol. The summed E-state index contributed by atoms with van der Waals surface area (Å²) >= 11 is 2.22. The fraction of sp³-hybridized carbons (Fsp3) is 0.100. The highest BCUT2D eigenvalue weighted by molar-refractivity contribution is 14.1. The van der Waals surface area contributed by atoms with E-state index in [9.17, 15) is 4.39 Å². The molecule has 0 fully saturated rings. The van der Waals surface area contributed by atoms with Crippen LogP contribution in [0.25, 0.3) is 10.9 Å². The number of alkyl halides is 1. The number of pyridine rings is 1. The van der Waals surface area contributed by atoms with Gasteiger partial charge in [0.05, 0.1) is 5.52 Å². The van der Waals surface area contributed by atoms with Crippen LogP contribution >= 0.6 is 22.6 Å². The number of rotatable bonds is 1. The van der Waals surface area contributed by atoms with Gasteiger partial charge in [0.25, 0.3) is 0 Å². The minimum absolute atomic E-state index is 0.398. The number of aromatic nitrogens is 1. The summed E-state index contributed by atoms with van der Waals surface area (Å²) in [5.41, 5.74) is 1.73. The third kappa shape index (κ3) is 1.65. The molecule has 3 heteroatoms.